The van der Waals surface area contributed by atoms with E-state index in [4.69, 9.17) is 15.2 Å². The van der Waals surface area contributed by atoms with Crippen molar-refractivity contribution in [1.82, 2.24) is 4.90 Å². The van der Waals surface area contributed by atoms with Gasteiger partial charge in [-0.25, -0.2) is 0 Å². The molecule has 5 heteroatoms. The van der Waals surface area contributed by atoms with E-state index >= 15 is 0 Å². The van der Waals surface area contributed by atoms with E-state index in [1.807, 2.05) is 17.0 Å². The lowest BCUT2D eigenvalue weighted by Crippen LogP contribution is -2.46. The molecule has 0 unspecified atom stereocenters. The average molecular weight is 306 g/mol. The molecule has 0 aromatic heterocycles. The van der Waals surface area contributed by atoms with Crippen LogP contribution in [0, 0.1) is 5.92 Å². The molecular weight excluding hydrogens is 280 g/mol. The topological polar surface area (TPSA) is 64.8 Å². The Morgan fingerprint density at radius 2 is 1.82 bits per heavy atom. The zero-order valence-corrected chi connectivity index (χ0v) is 13.9. The van der Waals surface area contributed by atoms with Crippen molar-refractivity contribution in [3.8, 4) is 11.5 Å². The minimum absolute atomic E-state index is 0.0362. The first-order chi connectivity index (χ1) is 10.5. The van der Waals surface area contributed by atoms with E-state index < -0.39 is 6.04 Å². The van der Waals surface area contributed by atoms with Gasteiger partial charge >= 0.3 is 0 Å². The first-order valence-corrected chi connectivity index (χ1v) is 7.74. The number of carbonyl (C=O) groups excluding carboxylic acids is 1. The predicted molar refractivity (Wildman–Crippen MR) is 86.1 cm³/mol. The largest absolute Gasteiger partial charge is 0.493 e. The number of hydrogen-bond donors (Lipinski definition) is 1. The fourth-order valence-electron chi connectivity index (χ4n) is 2.91. The monoisotopic (exact) mass is 306 g/mol. The predicted octanol–water partition coefficient (Wildman–Crippen LogP) is 1.96. The van der Waals surface area contributed by atoms with E-state index in [1.54, 1.807) is 14.2 Å². The van der Waals surface area contributed by atoms with Crippen LogP contribution in [0.2, 0.25) is 0 Å². The van der Waals surface area contributed by atoms with Crippen molar-refractivity contribution in [3.05, 3.63) is 23.3 Å². The molecule has 0 aliphatic carbocycles. The molecule has 1 aliphatic rings. The Morgan fingerprint density at radius 1 is 1.23 bits per heavy atom. The van der Waals surface area contributed by atoms with E-state index in [1.165, 1.54) is 5.56 Å². The van der Waals surface area contributed by atoms with Gasteiger partial charge < -0.3 is 20.1 Å². The molecule has 2 rings (SSSR count). The van der Waals surface area contributed by atoms with Crippen LogP contribution in [0.15, 0.2) is 12.1 Å². The molecule has 0 radical (unpaired) electrons. The Morgan fingerprint density at radius 3 is 2.36 bits per heavy atom. The van der Waals surface area contributed by atoms with Gasteiger partial charge in [0.25, 0.3) is 0 Å². The molecular formula is C17H26N2O3. The van der Waals surface area contributed by atoms with Crippen molar-refractivity contribution in [2.45, 2.75) is 39.3 Å². The summed E-state index contributed by atoms with van der Waals surface area (Å²) in [6.45, 7) is 5.44. The van der Waals surface area contributed by atoms with Gasteiger partial charge in [0.15, 0.2) is 11.5 Å². The second kappa shape index (κ2) is 7.01. The molecule has 22 heavy (non-hydrogen) atoms. The van der Waals surface area contributed by atoms with Crippen LogP contribution < -0.4 is 15.2 Å². The third-order valence-electron chi connectivity index (χ3n) is 4.07. The lowest BCUT2D eigenvalue weighted by atomic mass is 9.97. The van der Waals surface area contributed by atoms with Crippen molar-refractivity contribution in [1.29, 1.82) is 0 Å². The minimum Gasteiger partial charge on any atom is -0.493 e. The minimum atomic E-state index is -0.415. The van der Waals surface area contributed by atoms with E-state index in [9.17, 15) is 4.79 Å². The van der Waals surface area contributed by atoms with Crippen molar-refractivity contribution in [2.24, 2.45) is 11.7 Å². The van der Waals surface area contributed by atoms with Gasteiger partial charge in [-0.1, -0.05) is 13.8 Å². The van der Waals surface area contributed by atoms with Gasteiger partial charge in [0, 0.05) is 13.1 Å². The lowest BCUT2D eigenvalue weighted by Gasteiger charge is -2.31. The molecule has 1 amide bonds. The van der Waals surface area contributed by atoms with Gasteiger partial charge in [-0.2, -0.15) is 0 Å². The van der Waals surface area contributed by atoms with Crippen LogP contribution in [0.1, 0.15) is 31.4 Å². The highest BCUT2D eigenvalue weighted by molar-refractivity contribution is 5.82. The quantitative estimate of drug-likeness (QED) is 0.903. The van der Waals surface area contributed by atoms with Crippen LogP contribution >= 0.6 is 0 Å². The Hall–Kier alpha value is -1.75. The second-order valence-electron chi connectivity index (χ2n) is 6.22. The summed E-state index contributed by atoms with van der Waals surface area (Å²) >= 11 is 0. The number of hydrogen-bond acceptors (Lipinski definition) is 4. The zero-order chi connectivity index (χ0) is 16.3. The smallest absolute Gasteiger partial charge is 0.239 e. The molecule has 122 valence electrons. The van der Waals surface area contributed by atoms with E-state index in [-0.39, 0.29) is 5.91 Å². The second-order valence-corrected chi connectivity index (χ2v) is 6.22. The van der Waals surface area contributed by atoms with Crippen LogP contribution in [0.3, 0.4) is 0 Å². The molecule has 5 nitrogen and oxygen atoms in total. The molecule has 1 aromatic rings. The number of carbonyl (C=O) groups is 1. The Bertz CT molecular complexity index is 543. The number of ether oxygens (including phenoxy) is 2. The first kappa shape index (κ1) is 16.6. The van der Waals surface area contributed by atoms with Crippen LogP contribution in [0.5, 0.6) is 11.5 Å². The molecule has 0 saturated heterocycles. The maximum Gasteiger partial charge on any atom is 0.239 e. The van der Waals surface area contributed by atoms with Gasteiger partial charge in [0.2, 0.25) is 5.91 Å². The Kier molecular flexibility index (Phi) is 5.29. The third kappa shape index (κ3) is 3.53. The number of benzene rings is 1. The van der Waals surface area contributed by atoms with Gasteiger partial charge in [-0.05, 0) is 42.0 Å². The fraction of sp³-hybridized carbons (Fsp3) is 0.588. The fourth-order valence-corrected chi connectivity index (χ4v) is 2.91. The standard InChI is InChI=1S/C17H26N2O3/c1-11(2)7-14(18)17(20)19-6-5-12-8-15(21-3)16(22-4)9-13(12)10-19/h8-9,11,14H,5-7,10,18H2,1-4H3/t14-/m0/s1. The molecule has 0 spiro atoms. The summed E-state index contributed by atoms with van der Waals surface area (Å²) in [5.74, 6) is 1.88. The van der Waals surface area contributed by atoms with Gasteiger partial charge in [-0.15, -0.1) is 0 Å². The number of amides is 1. The summed E-state index contributed by atoms with van der Waals surface area (Å²) in [5, 5.41) is 0. The number of rotatable bonds is 5. The molecule has 1 aliphatic heterocycles. The van der Waals surface area contributed by atoms with Gasteiger partial charge in [0.05, 0.1) is 20.3 Å². The molecule has 2 N–H and O–H groups in total. The van der Waals surface area contributed by atoms with Gasteiger partial charge in [-0.3, -0.25) is 4.79 Å². The highest BCUT2D eigenvalue weighted by Crippen LogP contribution is 2.33. The Labute approximate surface area is 132 Å². The van der Waals surface area contributed by atoms with E-state index in [2.05, 4.69) is 13.8 Å². The highest BCUT2D eigenvalue weighted by Gasteiger charge is 2.26. The molecule has 1 heterocycles. The Balaban J connectivity index is 2.15. The highest BCUT2D eigenvalue weighted by atomic mass is 16.5. The van der Waals surface area contributed by atoms with Crippen LogP contribution in [0.4, 0.5) is 0 Å². The van der Waals surface area contributed by atoms with Crippen molar-refractivity contribution < 1.29 is 14.3 Å². The summed E-state index contributed by atoms with van der Waals surface area (Å²) in [6.07, 6.45) is 1.53. The summed E-state index contributed by atoms with van der Waals surface area (Å²) < 4.78 is 10.7. The zero-order valence-electron chi connectivity index (χ0n) is 13.9. The third-order valence-corrected chi connectivity index (χ3v) is 4.07. The maximum absolute atomic E-state index is 12.5. The maximum atomic E-state index is 12.5. The van der Waals surface area contributed by atoms with Crippen LogP contribution in [-0.4, -0.2) is 37.6 Å². The summed E-state index contributed by atoms with van der Waals surface area (Å²) in [4.78, 5) is 14.3. The molecule has 0 saturated carbocycles. The van der Waals surface area contributed by atoms with Crippen molar-refractivity contribution >= 4 is 5.91 Å². The summed E-state index contributed by atoms with van der Waals surface area (Å²) in [5.41, 5.74) is 8.35. The van der Waals surface area contributed by atoms with Crippen LogP contribution in [0.25, 0.3) is 0 Å². The van der Waals surface area contributed by atoms with Crippen molar-refractivity contribution in [3.63, 3.8) is 0 Å². The number of methoxy groups -OCH3 is 2. The van der Waals surface area contributed by atoms with Crippen LogP contribution in [-0.2, 0) is 17.8 Å². The number of fused-ring (bicyclic) bond motifs is 1. The van der Waals surface area contributed by atoms with E-state index in [0.717, 1.165) is 17.7 Å². The van der Waals surface area contributed by atoms with Gasteiger partial charge in [0.1, 0.15) is 0 Å². The first-order valence-electron chi connectivity index (χ1n) is 7.74. The number of nitrogens with zero attached hydrogens (tertiary/aromatic N) is 1. The molecule has 1 aromatic carbocycles. The van der Waals surface area contributed by atoms with E-state index in [0.29, 0.717) is 31.2 Å². The van der Waals surface area contributed by atoms with Crippen molar-refractivity contribution in [2.75, 3.05) is 20.8 Å². The number of nitrogens with two attached hydrogens (primary N) is 1. The molecule has 0 fully saturated rings. The average Bonchev–Trinajstić information content (AvgIpc) is 2.51. The summed E-state index contributed by atoms with van der Waals surface area (Å²) in [6, 6.07) is 3.55. The summed E-state index contributed by atoms with van der Waals surface area (Å²) in [7, 11) is 3.25. The molecule has 1 atom stereocenters. The normalized spacial score (nSPS) is 15.5. The SMILES string of the molecule is COc1cc2c(cc1OC)CN(C(=O)[C@@H](N)CC(C)C)CC2. The molecule has 0 bridgehead atoms. The lowest BCUT2D eigenvalue weighted by molar-refractivity contribution is -0.133.